The summed E-state index contributed by atoms with van der Waals surface area (Å²) in [7, 11) is 1.68. The Bertz CT molecular complexity index is 1380. The number of benzene rings is 3. The molecule has 0 spiro atoms. The third kappa shape index (κ3) is 4.63. The van der Waals surface area contributed by atoms with Gasteiger partial charge in [0.25, 0.3) is 11.8 Å². The monoisotopic (exact) mass is 467 g/mol. The van der Waals surface area contributed by atoms with Crippen LogP contribution in [-0.4, -0.2) is 46.7 Å². The van der Waals surface area contributed by atoms with Gasteiger partial charge in [-0.15, -0.1) is 5.10 Å². The number of nitrogens with one attached hydrogen (secondary N) is 2. The number of hydrogen-bond acceptors (Lipinski definition) is 5. The van der Waals surface area contributed by atoms with Gasteiger partial charge in [0.2, 0.25) is 5.82 Å². The minimum atomic E-state index is -0.877. The highest BCUT2D eigenvalue weighted by molar-refractivity contribution is 6.02. The first-order chi connectivity index (χ1) is 17.0. The number of aryl methyl sites for hydroxylation is 1. The Morgan fingerprint density at radius 3 is 2.69 bits per heavy atom. The highest BCUT2D eigenvalue weighted by Crippen LogP contribution is 2.35. The van der Waals surface area contributed by atoms with E-state index in [4.69, 9.17) is 4.74 Å². The number of fused-ring (bicyclic) bond motifs is 1. The van der Waals surface area contributed by atoms with Crippen molar-refractivity contribution in [3.63, 3.8) is 0 Å². The summed E-state index contributed by atoms with van der Waals surface area (Å²) >= 11 is 0. The van der Waals surface area contributed by atoms with Gasteiger partial charge in [0.1, 0.15) is 24.2 Å². The second-order valence-electron chi connectivity index (χ2n) is 8.50. The van der Waals surface area contributed by atoms with Gasteiger partial charge in [-0.3, -0.25) is 14.7 Å². The molecule has 5 rings (SSSR count). The molecule has 0 radical (unpaired) electrons. The lowest BCUT2D eigenvalue weighted by atomic mass is 10.00. The summed E-state index contributed by atoms with van der Waals surface area (Å²) in [5.74, 6) is 0.313. The molecule has 8 nitrogen and oxygen atoms in total. The number of anilines is 1. The summed E-state index contributed by atoms with van der Waals surface area (Å²) in [6, 6.07) is 22.7. The number of nitrogens with zero attached hydrogens (tertiary/aromatic N) is 3. The third-order valence-corrected chi connectivity index (χ3v) is 6.07. The van der Waals surface area contributed by atoms with Crippen molar-refractivity contribution in [3.05, 3.63) is 95.6 Å². The molecule has 1 aliphatic heterocycles. The molecule has 0 saturated heterocycles. The molecular weight excluding hydrogens is 442 g/mol. The molecule has 176 valence electrons. The van der Waals surface area contributed by atoms with Crippen LogP contribution in [0.1, 0.15) is 27.6 Å². The van der Waals surface area contributed by atoms with Gasteiger partial charge in [0, 0.05) is 13.5 Å². The van der Waals surface area contributed by atoms with Crippen LogP contribution in [0.2, 0.25) is 0 Å². The van der Waals surface area contributed by atoms with Crippen molar-refractivity contribution < 1.29 is 14.3 Å². The molecule has 4 aromatic rings. The van der Waals surface area contributed by atoms with E-state index in [1.54, 1.807) is 7.05 Å². The van der Waals surface area contributed by atoms with Crippen LogP contribution in [0.3, 0.4) is 0 Å². The van der Waals surface area contributed by atoms with Gasteiger partial charge < -0.3 is 15.0 Å². The van der Waals surface area contributed by atoms with Gasteiger partial charge in [-0.25, -0.2) is 4.98 Å². The number of rotatable bonds is 5. The fourth-order valence-corrected chi connectivity index (χ4v) is 4.15. The molecule has 2 amide bonds. The standard InChI is InChI=1S/C27H25N5O3/c1-17-8-6-7-11-20(17)19-12-13-23-22(15-19)32(2)27(34)21(16-35-23)28-26(33)25-29-24(30-31-25)14-18-9-4-3-5-10-18/h3-13,15,21H,14,16H2,1-2H3,(H,28,33)(H,29,30,31)/t21-/m0/s1. The molecule has 0 unspecified atom stereocenters. The maximum absolute atomic E-state index is 13.2. The van der Waals surface area contributed by atoms with Gasteiger partial charge >= 0.3 is 0 Å². The molecule has 35 heavy (non-hydrogen) atoms. The first-order valence-corrected chi connectivity index (χ1v) is 11.4. The zero-order valence-corrected chi connectivity index (χ0v) is 19.5. The Balaban J connectivity index is 1.31. The summed E-state index contributed by atoms with van der Waals surface area (Å²) in [5.41, 5.74) is 4.91. The number of hydrogen-bond donors (Lipinski definition) is 2. The SMILES string of the molecule is Cc1ccccc1-c1ccc2c(c1)N(C)C(=O)[C@@H](NC(=O)c1n[nH]c(Cc3ccccc3)n1)CO2. The molecule has 3 aromatic carbocycles. The van der Waals surface area contributed by atoms with Crippen molar-refractivity contribution >= 4 is 17.5 Å². The number of carbonyl (C=O) groups excluding carboxylic acids is 2. The van der Waals surface area contributed by atoms with Gasteiger partial charge in [-0.05, 0) is 41.3 Å². The summed E-state index contributed by atoms with van der Waals surface area (Å²) < 4.78 is 5.92. The predicted octanol–water partition coefficient (Wildman–Crippen LogP) is 3.52. The van der Waals surface area contributed by atoms with E-state index < -0.39 is 11.9 Å². The highest BCUT2D eigenvalue weighted by Gasteiger charge is 2.32. The quantitative estimate of drug-likeness (QED) is 0.468. The van der Waals surface area contributed by atoms with E-state index in [2.05, 4.69) is 20.5 Å². The Morgan fingerprint density at radius 2 is 1.89 bits per heavy atom. The van der Waals surface area contributed by atoms with Crippen molar-refractivity contribution in [2.45, 2.75) is 19.4 Å². The smallest absolute Gasteiger partial charge is 0.291 e. The maximum atomic E-state index is 13.2. The Labute approximate surface area is 203 Å². The number of likely N-dealkylation sites (N-methyl/N-ethyl adjacent to an activating group) is 1. The number of aromatic nitrogens is 3. The molecule has 0 saturated carbocycles. The average molecular weight is 468 g/mol. The summed E-state index contributed by atoms with van der Waals surface area (Å²) in [6.07, 6.45) is 0.522. The fourth-order valence-electron chi connectivity index (χ4n) is 4.15. The maximum Gasteiger partial charge on any atom is 0.291 e. The Morgan fingerprint density at radius 1 is 1.11 bits per heavy atom. The van der Waals surface area contributed by atoms with E-state index in [1.165, 1.54) is 4.90 Å². The Kier molecular flexibility index (Phi) is 6.01. The predicted molar refractivity (Wildman–Crippen MR) is 132 cm³/mol. The Hall–Kier alpha value is -4.46. The van der Waals surface area contributed by atoms with Crippen LogP contribution in [0.25, 0.3) is 11.1 Å². The lowest BCUT2D eigenvalue weighted by Crippen LogP contribution is -2.49. The van der Waals surface area contributed by atoms with Crippen molar-refractivity contribution in [2.75, 3.05) is 18.6 Å². The van der Waals surface area contributed by atoms with E-state index in [-0.39, 0.29) is 18.3 Å². The molecule has 0 fully saturated rings. The first-order valence-electron chi connectivity index (χ1n) is 11.4. The molecule has 8 heteroatoms. The lowest BCUT2D eigenvalue weighted by Gasteiger charge is -2.20. The second-order valence-corrected chi connectivity index (χ2v) is 8.50. The molecule has 0 bridgehead atoms. The molecule has 1 atom stereocenters. The molecule has 2 heterocycles. The molecule has 1 aliphatic rings. The summed E-state index contributed by atoms with van der Waals surface area (Å²) in [4.78, 5) is 31.8. The number of carbonyl (C=O) groups is 2. The van der Waals surface area contributed by atoms with Gasteiger partial charge in [-0.1, -0.05) is 60.7 Å². The topological polar surface area (TPSA) is 100 Å². The minimum absolute atomic E-state index is 0.00687. The van der Waals surface area contributed by atoms with Gasteiger partial charge in [0.05, 0.1) is 5.69 Å². The van der Waals surface area contributed by atoms with E-state index in [0.717, 1.165) is 22.3 Å². The largest absolute Gasteiger partial charge is 0.489 e. The van der Waals surface area contributed by atoms with Crippen molar-refractivity contribution in [1.82, 2.24) is 20.5 Å². The van der Waals surface area contributed by atoms with Crippen LogP contribution < -0.4 is 15.0 Å². The number of aromatic amines is 1. The zero-order chi connectivity index (χ0) is 24.4. The normalized spacial score (nSPS) is 15.2. The van der Waals surface area contributed by atoms with Gasteiger partial charge in [-0.2, -0.15) is 0 Å². The molecular formula is C27H25N5O3. The van der Waals surface area contributed by atoms with E-state index in [1.807, 2.05) is 79.7 Å². The van der Waals surface area contributed by atoms with Gasteiger partial charge in [0.15, 0.2) is 0 Å². The molecule has 2 N–H and O–H groups in total. The summed E-state index contributed by atoms with van der Waals surface area (Å²) in [5, 5.41) is 9.54. The minimum Gasteiger partial charge on any atom is -0.489 e. The van der Waals surface area contributed by atoms with Crippen molar-refractivity contribution in [3.8, 4) is 16.9 Å². The van der Waals surface area contributed by atoms with E-state index in [9.17, 15) is 9.59 Å². The second kappa shape index (κ2) is 9.42. The van der Waals surface area contributed by atoms with Crippen molar-refractivity contribution in [1.29, 1.82) is 0 Å². The fraction of sp³-hybridized carbons (Fsp3) is 0.185. The van der Waals surface area contributed by atoms with Crippen LogP contribution in [-0.2, 0) is 11.2 Å². The lowest BCUT2D eigenvalue weighted by molar-refractivity contribution is -0.120. The highest BCUT2D eigenvalue weighted by atomic mass is 16.5. The number of H-pyrrole nitrogens is 1. The number of ether oxygens (including phenoxy) is 1. The summed E-state index contributed by atoms with van der Waals surface area (Å²) in [6.45, 7) is 2.05. The van der Waals surface area contributed by atoms with E-state index >= 15 is 0 Å². The zero-order valence-electron chi connectivity index (χ0n) is 19.5. The van der Waals surface area contributed by atoms with Crippen LogP contribution in [0.5, 0.6) is 5.75 Å². The number of amides is 2. The molecule has 0 aliphatic carbocycles. The van der Waals surface area contributed by atoms with Crippen LogP contribution in [0.4, 0.5) is 5.69 Å². The van der Waals surface area contributed by atoms with Crippen LogP contribution in [0, 0.1) is 6.92 Å². The van der Waals surface area contributed by atoms with Crippen LogP contribution in [0.15, 0.2) is 72.8 Å². The van der Waals surface area contributed by atoms with E-state index in [0.29, 0.717) is 23.7 Å². The van der Waals surface area contributed by atoms with Crippen LogP contribution >= 0.6 is 0 Å². The average Bonchev–Trinajstić information content (AvgIpc) is 3.31. The first kappa shape index (κ1) is 22.3. The van der Waals surface area contributed by atoms with Crippen molar-refractivity contribution in [2.24, 2.45) is 0 Å². The third-order valence-electron chi connectivity index (χ3n) is 6.07. The molecule has 1 aromatic heterocycles.